The van der Waals surface area contributed by atoms with Crippen LogP contribution in [0.25, 0.3) is 0 Å². The summed E-state index contributed by atoms with van der Waals surface area (Å²) in [6.45, 7) is 0. The Balaban J connectivity index is 3.61. The second-order valence-corrected chi connectivity index (χ2v) is 5.49. The first kappa shape index (κ1) is 14.9. The van der Waals surface area contributed by atoms with E-state index in [9.17, 15) is 18.0 Å². The molecule has 3 N–H and O–H groups in total. The van der Waals surface area contributed by atoms with Gasteiger partial charge in [0.2, 0.25) is 0 Å². The molecular weight excluding hydrogens is 279 g/mol. The van der Waals surface area contributed by atoms with Gasteiger partial charge >= 0.3 is 119 Å². The Hall–Kier alpha value is -1.13. The molecule has 0 spiro atoms. The molecule has 0 aliphatic carbocycles. The standard InChI is InChI=1S/C8H5O8S.Na/c9-7(10)4-2-1-3-5(8(11)12)6(4)16-17(13,14)15;/h2-3H,(H,9,10)(H,11,12)(H,13,14,15);. The van der Waals surface area contributed by atoms with Crippen molar-refractivity contribution < 1.29 is 37.0 Å². The van der Waals surface area contributed by atoms with Crippen LogP contribution in [0.2, 0.25) is 0 Å². The zero-order valence-corrected chi connectivity index (χ0v) is 11.8. The number of hydrogen-bond acceptors (Lipinski definition) is 5. The molecule has 10 heteroatoms. The van der Waals surface area contributed by atoms with Gasteiger partial charge in [-0.15, -0.1) is 0 Å². The van der Waals surface area contributed by atoms with Crippen molar-refractivity contribution in [1.82, 2.24) is 0 Å². The van der Waals surface area contributed by atoms with Crippen LogP contribution in [0.15, 0.2) is 12.1 Å². The van der Waals surface area contributed by atoms with Gasteiger partial charge in [-0.05, 0) is 0 Å². The summed E-state index contributed by atoms with van der Waals surface area (Å²) in [5.74, 6) is -4.04. The summed E-state index contributed by atoms with van der Waals surface area (Å²) in [5, 5.41) is 17.7. The van der Waals surface area contributed by atoms with Gasteiger partial charge in [-0.1, -0.05) is 0 Å². The summed E-state index contributed by atoms with van der Waals surface area (Å²) in [6, 6.07) is 2.17. The van der Waals surface area contributed by atoms with E-state index in [0.29, 0.717) is 30.7 Å². The molecule has 0 fully saturated rings. The molecule has 0 aliphatic rings. The van der Waals surface area contributed by atoms with Crippen LogP contribution in [0.4, 0.5) is 0 Å². The molecule has 0 heterocycles. The van der Waals surface area contributed by atoms with Crippen LogP contribution in [0.1, 0.15) is 20.7 Å². The van der Waals surface area contributed by atoms with Crippen molar-refractivity contribution in [3.8, 4) is 5.75 Å². The number of aromatic carboxylic acids is 2. The normalized spacial score (nSPS) is 11.1. The number of rotatable bonds is 4. The number of carboxylic acid groups (broad SMARTS) is 2. The fourth-order valence-electron chi connectivity index (χ4n) is 1.29. The molecule has 0 radical (unpaired) electrons. The van der Waals surface area contributed by atoms with Crippen LogP contribution in [0.3, 0.4) is 0 Å². The van der Waals surface area contributed by atoms with Crippen molar-refractivity contribution in [2.24, 2.45) is 0 Å². The molecule has 0 saturated carbocycles. The van der Waals surface area contributed by atoms with Crippen molar-refractivity contribution in [3.05, 3.63) is 23.3 Å². The predicted octanol–water partition coefficient (Wildman–Crippen LogP) is -0.942. The Morgan fingerprint density at radius 1 is 1.11 bits per heavy atom. The number of carboxylic acids is 2. The van der Waals surface area contributed by atoms with Crippen molar-refractivity contribution in [1.29, 1.82) is 0 Å². The Bertz CT molecular complexity index is 585. The third-order valence-corrected chi connectivity index (χ3v) is 2.84. The van der Waals surface area contributed by atoms with E-state index in [-0.39, 0.29) is 0 Å². The minimum atomic E-state index is -5.02. The fraction of sp³-hybridized carbons (Fsp3) is 0. The molecule has 0 atom stereocenters. The SMILES string of the molecule is O=C(O)c1c[c]([Na])cc(C(=O)O)c1OS(=O)(=O)O. The molecule has 1 aromatic rings. The molecule has 0 aliphatic heterocycles. The van der Waals surface area contributed by atoms with Gasteiger partial charge in [-0.3, -0.25) is 0 Å². The van der Waals surface area contributed by atoms with Gasteiger partial charge in [0.25, 0.3) is 0 Å². The molecule has 0 amide bonds. The molecule has 1 aromatic carbocycles. The summed E-state index contributed by atoms with van der Waals surface area (Å²) in [4.78, 5) is 21.8. The van der Waals surface area contributed by atoms with Gasteiger partial charge in [-0.2, -0.15) is 0 Å². The monoisotopic (exact) mass is 284 g/mol. The maximum atomic E-state index is 10.9. The van der Waals surface area contributed by atoms with Gasteiger partial charge < -0.3 is 0 Å². The first-order valence-corrected chi connectivity index (χ1v) is 6.76. The van der Waals surface area contributed by atoms with Gasteiger partial charge in [0.1, 0.15) is 0 Å². The van der Waals surface area contributed by atoms with E-state index in [1.54, 1.807) is 0 Å². The van der Waals surface area contributed by atoms with E-state index in [1.807, 2.05) is 0 Å². The Labute approximate surface area is 119 Å². The number of carbonyl (C=O) groups is 2. The van der Waals surface area contributed by atoms with E-state index >= 15 is 0 Å². The molecule has 0 unspecified atom stereocenters. The summed E-state index contributed by atoms with van der Waals surface area (Å²) in [7, 11) is -5.02. The molecule has 0 bridgehead atoms. The van der Waals surface area contributed by atoms with Crippen LogP contribution in [0, 0.1) is 0 Å². The quantitative estimate of drug-likeness (QED) is 0.475. The summed E-state index contributed by atoms with van der Waals surface area (Å²) in [6.07, 6.45) is 0. The molecule has 8 nitrogen and oxygen atoms in total. The van der Waals surface area contributed by atoms with Crippen LogP contribution in [-0.2, 0) is 10.4 Å². The van der Waals surface area contributed by atoms with Crippen molar-refractivity contribution in [2.75, 3.05) is 0 Å². The minimum absolute atomic E-state index is 0.358. The second-order valence-electron chi connectivity index (χ2n) is 3.31. The second kappa shape index (κ2) is 5.24. The Morgan fingerprint density at radius 2 is 1.50 bits per heavy atom. The third-order valence-electron chi connectivity index (χ3n) is 1.88. The molecule has 1 rings (SSSR count). The molecule has 0 saturated heterocycles. The third kappa shape index (κ3) is 3.68. The Morgan fingerprint density at radius 3 is 1.78 bits per heavy atom. The molecule has 92 valence electrons. The average Bonchev–Trinajstić information content (AvgIpc) is 2.17. The first-order chi connectivity index (χ1) is 8.11. The topological polar surface area (TPSA) is 138 Å². The Kier molecular flexibility index (Phi) is 4.35. The van der Waals surface area contributed by atoms with Gasteiger partial charge in [0.15, 0.2) is 0 Å². The maximum absolute atomic E-state index is 10.9. The van der Waals surface area contributed by atoms with Crippen LogP contribution in [0.5, 0.6) is 5.75 Å². The van der Waals surface area contributed by atoms with Gasteiger partial charge in [0.05, 0.1) is 0 Å². The van der Waals surface area contributed by atoms with E-state index in [4.69, 9.17) is 14.8 Å². The van der Waals surface area contributed by atoms with Crippen molar-refractivity contribution >= 4 is 53.1 Å². The molecule has 0 aromatic heterocycles. The average molecular weight is 284 g/mol. The zero-order chi connectivity index (χ0) is 14.1. The van der Waals surface area contributed by atoms with Crippen molar-refractivity contribution in [3.63, 3.8) is 0 Å². The van der Waals surface area contributed by atoms with Gasteiger partial charge in [0, 0.05) is 0 Å². The van der Waals surface area contributed by atoms with E-state index < -0.39 is 39.2 Å². The van der Waals surface area contributed by atoms with Crippen LogP contribution in [-0.4, -0.2) is 63.1 Å². The fourth-order valence-corrected chi connectivity index (χ4v) is 2.25. The van der Waals surface area contributed by atoms with E-state index in [0.717, 1.165) is 12.1 Å². The first-order valence-electron chi connectivity index (χ1n) is 4.40. The molecular formula is C8H5NaO8S. The number of hydrogen-bond donors (Lipinski definition) is 3. The summed E-state index contributed by atoms with van der Waals surface area (Å²) >= 11 is 0.358. The zero-order valence-electron chi connectivity index (χ0n) is 8.95. The predicted molar refractivity (Wildman–Crippen MR) is 57.9 cm³/mol. The van der Waals surface area contributed by atoms with Crippen molar-refractivity contribution in [2.45, 2.75) is 0 Å². The van der Waals surface area contributed by atoms with Crippen LogP contribution < -0.4 is 7.00 Å². The van der Waals surface area contributed by atoms with E-state index in [1.165, 1.54) is 0 Å². The van der Waals surface area contributed by atoms with E-state index in [2.05, 4.69) is 4.18 Å². The number of benzene rings is 1. The molecule has 18 heavy (non-hydrogen) atoms. The summed E-state index contributed by atoms with van der Waals surface area (Å²) < 4.78 is 34.2. The summed E-state index contributed by atoms with van der Waals surface area (Å²) in [5.41, 5.74) is -1.28. The van der Waals surface area contributed by atoms with Gasteiger partial charge in [-0.25, -0.2) is 0 Å². The van der Waals surface area contributed by atoms with Crippen LogP contribution >= 0.6 is 0 Å².